The summed E-state index contributed by atoms with van der Waals surface area (Å²) in [6, 6.07) is 0. The van der Waals surface area contributed by atoms with E-state index in [-0.39, 0.29) is 22.9 Å². The molecule has 0 heterocycles. The summed E-state index contributed by atoms with van der Waals surface area (Å²) in [6.07, 6.45) is 8.10. The maximum absolute atomic E-state index is 12.9. The van der Waals surface area contributed by atoms with Crippen LogP contribution in [0.1, 0.15) is 72.6 Å². The van der Waals surface area contributed by atoms with Crippen LogP contribution in [-0.2, 0) is 19.1 Å². The van der Waals surface area contributed by atoms with Crippen molar-refractivity contribution in [3.8, 4) is 0 Å². The largest absolute Gasteiger partial charge is 0.446 e. The van der Waals surface area contributed by atoms with Crippen LogP contribution in [0.25, 0.3) is 0 Å². The second-order valence-corrected chi connectivity index (χ2v) is 10.1. The van der Waals surface area contributed by atoms with Crippen LogP contribution in [0.4, 0.5) is 0 Å². The monoisotopic (exact) mass is 384 g/mol. The van der Waals surface area contributed by atoms with Crippen LogP contribution in [0.2, 0.25) is 0 Å². The fraction of sp³-hybridized carbons (Fsp3) is 0.708. The number of hydrogen-bond acceptors (Lipinski definition) is 4. The van der Waals surface area contributed by atoms with Crippen molar-refractivity contribution < 1.29 is 19.1 Å². The van der Waals surface area contributed by atoms with E-state index in [0.29, 0.717) is 18.3 Å². The van der Waals surface area contributed by atoms with Crippen molar-refractivity contribution in [2.75, 3.05) is 0 Å². The lowest BCUT2D eigenvalue weighted by atomic mass is 9.46. The first-order valence-corrected chi connectivity index (χ1v) is 10.7. The Morgan fingerprint density at radius 2 is 1.82 bits per heavy atom. The molecule has 4 heteroatoms. The van der Waals surface area contributed by atoms with Gasteiger partial charge in [0.25, 0.3) is 0 Å². The number of carbonyl (C=O) groups is 3. The number of Topliss-reactive ketones (excluding diaryl/α,β-unsaturated/α-hetero) is 1. The molecule has 152 valence electrons. The fourth-order valence-corrected chi connectivity index (χ4v) is 7.63. The Labute approximate surface area is 167 Å². The van der Waals surface area contributed by atoms with Crippen LogP contribution in [-0.4, -0.2) is 23.1 Å². The standard InChI is InChI=1S/C24H32O4/c1-14-12-21-19-7-6-17-13-18(27)8-10-22(17,4)20(19)9-11-23(21,5)24(14,15(2)25)28-16(3)26/h13,19-21H,1,6-12H2,2-5H3/t19-,20-,21-,22+,23+,24+/m1/s1. The van der Waals surface area contributed by atoms with Crippen molar-refractivity contribution in [2.24, 2.45) is 28.6 Å². The summed E-state index contributed by atoms with van der Waals surface area (Å²) < 4.78 is 5.83. The highest BCUT2D eigenvalue weighted by atomic mass is 16.6. The quantitative estimate of drug-likeness (QED) is 0.517. The lowest BCUT2D eigenvalue weighted by molar-refractivity contribution is -0.181. The van der Waals surface area contributed by atoms with Gasteiger partial charge in [0.2, 0.25) is 0 Å². The molecule has 4 nitrogen and oxygen atoms in total. The Bertz CT molecular complexity index is 807. The molecule has 4 rings (SSSR count). The minimum Gasteiger partial charge on any atom is -0.446 e. The van der Waals surface area contributed by atoms with Crippen molar-refractivity contribution in [1.82, 2.24) is 0 Å². The normalized spacial score (nSPS) is 44.9. The predicted molar refractivity (Wildman–Crippen MR) is 106 cm³/mol. The molecule has 4 aliphatic rings. The van der Waals surface area contributed by atoms with E-state index in [1.54, 1.807) is 6.92 Å². The molecule has 28 heavy (non-hydrogen) atoms. The molecule has 0 unspecified atom stereocenters. The summed E-state index contributed by atoms with van der Waals surface area (Å²) in [5.74, 6) is 1.05. The zero-order valence-electron chi connectivity index (χ0n) is 17.6. The number of ketones is 2. The zero-order valence-corrected chi connectivity index (χ0v) is 17.6. The lowest BCUT2D eigenvalue weighted by Crippen LogP contribution is -2.59. The van der Waals surface area contributed by atoms with Crippen LogP contribution >= 0.6 is 0 Å². The molecule has 3 fully saturated rings. The summed E-state index contributed by atoms with van der Waals surface area (Å²) in [5.41, 5.74) is 0.609. The first-order chi connectivity index (χ1) is 13.1. The summed E-state index contributed by atoms with van der Waals surface area (Å²) in [6.45, 7) is 11.7. The molecular weight excluding hydrogens is 352 g/mol. The van der Waals surface area contributed by atoms with Crippen LogP contribution in [0, 0.1) is 28.6 Å². The van der Waals surface area contributed by atoms with E-state index in [9.17, 15) is 14.4 Å². The fourth-order valence-electron chi connectivity index (χ4n) is 7.63. The Kier molecular flexibility index (Phi) is 4.30. The molecule has 0 N–H and O–H groups in total. The van der Waals surface area contributed by atoms with E-state index in [4.69, 9.17) is 4.74 Å². The number of rotatable bonds is 2. The molecule has 0 radical (unpaired) electrons. The van der Waals surface area contributed by atoms with Gasteiger partial charge in [0, 0.05) is 18.8 Å². The van der Waals surface area contributed by atoms with Crippen molar-refractivity contribution in [2.45, 2.75) is 78.2 Å². The average Bonchev–Trinajstić information content (AvgIpc) is 2.83. The van der Waals surface area contributed by atoms with E-state index >= 15 is 0 Å². The first kappa shape index (κ1) is 19.6. The highest BCUT2D eigenvalue weighted by molar-refractivity contribution is 5.93. The van der Waals surface area contributed by atoms with Gasteiger partial charge in [-0.05, 0) is 80.3 Å². The van der Waals surface area contributed by atoms with Gasteiger partial charge < -0.3 is 4.74 Å². The van der Waals surface area contributed by atoms with Crippen LogP contribution < -0.4 is 0 Å². The van der Waals surface area contributed by atoms with Crippen LogP contribution in [0.3, 0.4) is 0 Å². The van der Waals surface area contributed by atoms with E-state index in [0.717, 1.165) is 44.1 Å². The predicted octanol–water partition coefficient (Wildman–Crippen LogP) is 4.58. The average molecular weight is 385 g/mol. The molecule has 6 atom stereocenters. The third kappa shape index (κ3) is 2.32. The number of esters is 1. The summed E-state index contributed by atoms with van der Waals surface area (Å²) in [5, 5.41) is 0. The molecule has 0 amide bonds. The van der Waals surface area contributed by atoms with Gasteiger partial charge in [-0.15, -0.1) is 0 Å². The van der Waals surface area contributed by atoms with Gasteiger partial charge in [-0.1, -0.05) is 26.0 Å². The van der Waals surface area contributed by atoms with Crippen molar-refractivity contribution in [1.29, 1.82) is 0 Å². The van der Waals surface area contributed by atoms with Gasteiger partial charge in [-0.2, -0.15) is 0 Å². The second kappa shape index (κ2) is 6.14. The molecule has 0 aliphatic heterocycles. The van der Waals surface area contributed by atoms with Crippen molar-refractivity contribution >= 4 is 17.5 Å². The van der Waals surface area contributed by atoms with E-state index in [2.05, 4.69) is 20.4 Å². The lowest BCUT2D eigenvalue weighted by Gasteiger charge is -2.58. The molecule has 0 aromatic carbocycles. The molecule has 0 spiro atoms. The topological polar surface area (TPSA) is 60.4 Å². The number of allylic oxidation sites excluding steroid dienone is 1. The maximum atomic E-state index is 12.9. The van der Waals surface area contributed by atoms with Crippen molar-refractivity contribution in [3.05, 3.63) is 23.8 Å². The molecule has 0 aromatic heterocycles. The van der Waals surface area contributed by atoms with E-state index in [1.165, 1.54) is 12.5 Å². The summed E-state index contributed by atoms with van der Waals surface area (Å²) >= 11 is 0. The smallest absolute Gasteiger partial charge is 0.303 e. The minimum absolute atomic E-state index is 0.0857. The molecule has 0 bridgehead atoms. The highest BCUT2D eigenvalue weighted by Crippen LogP contribution is 2.69. The van der Waals surface area contributed by atoms with E-state index in [1.807, 2.05) is 6.08 Å². The van der Waals surface area contributed by atoms with Gasteiger partial charge >= 0.3 is 5.97 Å². The van der Waals surface area contributed by atoms with Crippen LogP contribution in [0.15, 0.2) is 23.8 Å². The van der Waals surface area contributed by atoms with Gasteiger partial charge in [-0.25, -0.2) is 0 Å². The molecule has 0 aromatic rings. The molecule has 0 saturated heterocycles. The summed E-state index contributed by atoms with van der Waals surface area (Å²) in [4.78, 5) is 36.8. The van der Waals surface area contributed by atoms with Gasteiger partial charge in [0.15, 0.2) is 17.2 Å². The first-order valence-electron chi connectivity index (χ1n) is 10.7. The third-order valence-electron chi connectivity index (χ3n) is 8.91. The maximum Gasteiger partial charge on any atom is 0.303 e. The number of hydrogen-bond donors (Lipinski definition) is 0. The Hall–Kier alpha value is -1.71. The van der Waals surface area contributed by atoms with Gasteiger partial charge in [-0.3, -0.25) is 14.4 Å². The molecule has 3 saturated carbocycles. The van der Waals surface area contributed by atoms with Gasteiger partial charge in [0.1, 0.15) is 0 Å². The van der Waals surface area contributed by atoms with E-state index < -0.39 is 17.0 Å². The zero-order chi connectivity index (χ0) is 20.5. The Balaban J connectivity index is 1.75. The molecule has 4 aliphatic carbocycles. The third-order valence-corrected chi connectivity index (χ3v) is 8.91. The van der Waals surface area contributed by atoms with Gasteiger partial charge in [0.05, 0.1) is 0 Å². The minimum atomic E-state index is -1.19. The Morgan fingerprint density at radius 1 is 1.11 bits per heavy atom. The number of fused-ring (bicyclic) bond motifs is 5. The van der Waals surface area contributed by atoms with Crippen molar-refractivity contribution in [3.63, 3.8) is 0 Å². The SMILES string of the molecule is C=C1C[C@@H]2[C@@H]3CCC4=CC(=O)CC[C@]4(C)[C@@H]3CC[C@]2(C)[C@@]1(OC(C)=O)C(C)=O. The number of carbonyl (C=O) groups excluding carboxylic acids is 3. The summed E-state index contributed by atoms with van der Waals surface area (Å²) in [7, 11) is 0. The highest BCUT2D eigenvalue weighted by Gasteiger charge is 2.69. The second-order valence-electron chi connectivity index (χ2n) is 10.1. The number of ether oxygens (including phenoxy) is 1. The Morgan fingerprint density at radius 3 is 2.46 bits per heavy atom. The van der Waals surface area contributed by atoms with Crippen LogP contribution in [0.5, 0.6) is 0 Å². The molecular formula is C24H32O4.